The molecule has 2 aliphatic carbocycles. The Kier molecular flexibility index (Phi) is 2.65. The van der Waals surface area contributed by atoms with E-state index in [0.29, 0.717) is 11.8 Å². The SMILES string of the molecule is O=C1CCCC12CCCC2Nc1ccccc1. The van der Waals surface area contributed by atoms with Crippen molar-refractivity contribution in [1.82, 2.24) is 0 Å². The van der Waals surface area contributed by atoms with Gasteiger partial charge in [0.15, 0.2) is 0 Å². The Hall–Kier alpha value is -1.31. The van der Waals surface area contributed by atoms with Gasteiger partial charge in [0.05, 0.1) is 0 Å². The molecular formula is C15H19NO. The minimum absolute atomic E-state index is 0.0319. The third-order valence-corrected chi connectivity index (χ3v) is 4.48. The van der Waals surface area contributed by atoms with E-state index in [-0.39, 0.29) is 5.41 Å². The molecule has 2 atom stereocenters. The first kappa shape index (κ1) is 10.8. The van der Waals surface area contributed by atoms with Gasteiger partial charge >= 0.3 is 0 Å². The largest absolute Gasteiger partial charge is 0.381 e. The lowest BCUT2D eigenvalue weighted by molar-refractivity contribution is -0.125. The minimum Gasteiger partial charge on any atom is -0.381 e. The van der Waals surface area contributed by atoms with Gasteiger partial charge in [0.1, 0.15) is 5.78 Å². The van der Waals surface area contributed by atoms with Crippen LogP contribution in [0.15, 0.2) is 30.3 Å². The van der Waals surface area contributed by atoms with E-state index in [4.69, 9.17) is 0 Å². The average Bonchev–Trinajstić information content (AvgIpc) is 2.91. The number of anilines is 1. The predicted molar refractivity (Wildman–Crippen MR) is 69.0 cm³/mol. The molecule has 90 valence electrons. The molecule has 1 spiro atoms. The predicted octanol–water partition coefficient (Wildman–Crippen LogP) is 3.39. The Morgan fingerprint density at radius 3 is 2.59 bits per heavy atom. The number of carbonyl (C=O) groups is 1. The lowest BCUT2D eigenvalue weighted by atomic mass is 9.80. The highest BCUT2D eigenvalue weighted by Crippen LogP contribution is 2.49. The quantitative estimate of drug-likeness (QED) is 0.842. The van der Waals surface area contributed by atoms with Crippen LogP contribution in [0.4, 0.5) is 5.69 Å². The maximum Gasteiger partial charge on any atom is 0.141 e. The third kappa shape index (κ3) is 1.76. The summed E-state index contributed by atoms with van der Waals surface area (Å²) in [7, 11) is 0. The van der Waals surface area contributed by atoms with E-state index in [0.717, 1.165) is 37.8 Å². The summed E-state index contributed by atoms with van der Waals surface area (Å²) < 4.78 is 0. The molecule has 2 fully saturated rings. The molecule has 2 heteroatoms. The fourth-order valence-electron chi connectivity index (χ4n) is 3.60. The third-order valence-electron chi connectivity index (χ3n) is 4.48. The number of hydrogen-bond acceptors (Lipinski definition) is 2. The van der Waals surface area contributed by atoms with Crippen molar-refractivity contribution >= 4 is 11.5 Å². The van der Waals surface area contributed by atoms with Gasteiger partial charge in [-0.1, -0.05) is 24.6 Å². The van der Waals surface area contributed by atoms with Crippen molar-refractivity contribution in [2.24, 2.45) is 5.41 Å². The van der Waals surface area contributed by atoms with E-state index in [1.807, 2.05) is 18.2 Å². The van der Waals surface area contributed by atoms with Crippen molar-refractivity contribution in [2.75, 3.05) is 5.32 Å². The van der Waals surface area contributed by atoms with E-state index in [1.54, 1.807) is 0 Å². The van der Waals surface area contributed by atoms with Crippen LogP contribution in [0.1, 0.15) is 38.5 Å². The van der Waals surface area contributed by atoms with Crippen LogP contribution in [0.5, 0.6) is 0 Å². The molecule has 0 heterocycles. The molecule has 0 aliphatic heterocycles. The van der Waals surface area contributed by atoms with E-state index in [1.165, 1.54) is 6.42 Å². The maximum atomic E-state index is 12.2. The van der Waals surface area contributed by atoms with Crippen LogP contribution >= 0.6 is 0 Å². The number of Topliss-reactive ketones (excluding diaryl/α,β-unsaturated/α-hetero) is 1. The summed E-state index contributed by atoms with van der Waals surface area (Å²) in [6.45, 7) is 0. The van der Waals surface area contributed by atoms with Gasteiger partial charge in [0, 0.05) is 23.6 Å². The summed E-state index contributed by atoms with van der Waals surface area (Å²) in [5, 5.41) is 3.58. The van der Waals surface area contributed by atoms with Crippen LogP contribution in [-0.4, -0.2) is 11.8 Å². The molecule has 2 aliphatic rings. The second-order valence-corrected chi connectivity index (χ2v) is 5.39. The van der Waals surface area contributed by atoms with Crippen LogP contribution in [0, 0.1) is 5.41 Å². The van der Waals surface area contributed by atoms with Gasteiger partial charge in [-0.05, 0) is 37.8 Å². The number of para-hydroxylation sites is 1. The van der Waals surface area contributed by atoms with Crippen molar-refractivity contribution in [3.05, 3.63) is 30.3 Å². The zero-order valence-corrected chi connectivity index (χ0v) is 10.1. The monoisotopic (exact) mass is 229 g/mol. The van der Waals surface area contributed by atoms with Gasteiger partial charge in [0.25, 0.3) is 0 Å². The number of ketones is 1. The maximum absolute atomic E-state index is 12.2. The standard InChI is InChI=1S/C15H19NO/c17-14-9-5-11-15(14)10-4-8-13(15)16-12-6-2-1-3-7-12/h1-3,6-7,13,16H,4-5,8-11H2. The Morgan fingerprint density at radius 2 is 1.88 bits per heavy atom. The first-order valence-corrected chi connectivity index (χ1v) is 6.66. The smallest absolute Gasteiger partial charge is 0.141 e. The molecule has 2 unspecified atom stereocenters. The fraction of sp³-hybridized carbons (Fsp3) is 0.533. The number of hydrogen-bond donors (Lipinski definition) is 1. The van der Waals surface area contributed by atoms with Crippen LogP contribution < -0.4 is 5.32 Å². The molecule has 1 N–H and O–H groups in total. The summed E-state index contributed by atoms with van der Waals surface area (Å²) in [6.07, 6.45) is 6.41. The number of rotatable bonds is 2. The van der Waals surface area contributed by atoms with Crippen molar-refractivity contribution < 1.29 is 4.79 Å². The second-order valence-electron chi connectivity index (χ2n) is 5.39. The van der Waals surface area contributed by atoms with E-state index < -0.39 is 0 Å². The van der Waals surface area contributed by atoms with Crippen LogP contribution in [0.3, 0.4) is 0 Å². The van der Waals surface area contributed by atoms with Crippen molar-refractivity contribution in [3.8, 4) is 0 Å². The Bertz CT molecular complexity index is 410. The molecule has 2 nitrogen and oxygen atoms in total. The second kappa shape index (κ2) is 4.17. The van der Waals surface area contributed by atoms with Gasteiger partial charge in [-0.3, -0.25) is 4.79 Å². The highest BCUT2D eigenvalue weighted by molar-refractivity contribution is 5.88. The summed E-state index contributed by atoms with van der Waals surface area (Å²) in [4.78, 5) is 12.2. The Labute approximate surface area is 102 Å². The van der Waals surface area contributed by atoms with Crippen molar-refractivity contribution in [3.63, 3.8) is 0 Å². The average molecular weight is 229 g/mol. The van der Waals surface area contributed by atoms with E-state index >= 15 is 0 Å². The number of carbonyl (C=O) groups excluding carboxylic acids is 1. The van der Waals surface area contributed by atoms with Crippen LogP contribution in [0.25, 0.3) is 0 Å². The molecule has 1 aromatic rings. The first-order chi connectivity index (χ1) is 8.31. The molecule has 2 saturated carbocycles. The molecule has 1 aromatic carbocycles. The van der Waals surface area contributed by atoms with Gasteiger partial charge in [-0.15, -0.1) is 0 Å². The Morgan fingerprint density at radius 1 is 1.12 bits per heavy atom. The van der Waals surface area contributed by atoms with E-state index in [9.17, 15) is 4.79 Å². The first-order valence-electron chi connectivity index (χ1n) is 6.66. The molecule has 0 aromatic heterocycles. The molecule has 17 heavy (non-hydrogen) atoms. The number of nitrogens with one attached hydrogen (secondary N) is 1. The van der Waals surface area contributed by atoms with Gasteiger partial charge in [0.2, 0.25) is 0 Å². The van der Waals surface area contributed by atoms with Gasteiger partial charge < -0.3 is 5.32 Å². The normalized spacial score (nSPS) is 32.2. The van der Waals surface area contributed by atoms with Gasteiger partial charge in [-0.2, -0.15) is 0 Å². The molecule has 0 radical (unpaired) electrons. The topological polar surface area (TPSA) is 29.1 Å². The summed E-state index contributed by atoms with van der Waals surface area (Å²) >= 11 is 0. The van der Waals surface area contributed by atoms with Gasteiger partial charge in [-0.25, -0.2) is 0 Å². The zero-order chi connectivity index (χ0) is 11.7. The summed E-state index contributed by atoms with van der Waals surface area (Å²) in [5.74, 6) is 0.503. The lowest BCUT2D eigenvalue weighted by Crippen LogP contribution is -2.39. The lowest BCUT2D eigenvalue weighted by Gasteiger charge is -2.31. The fourth-order valence-corrected chi connectivity index (χ4v) is 3.60. The van der Waals surface area contributed by atoms with Crippen molar-refractivity contribution in [1.29, 1.82) is 0 Å². The summed E-state index contributed by atoms with van der Waals surface area (Å²) in [5.41, 5.74) is 1.12. The van der Waals surface area contributed by atoms with Crippen LogP contribution in [-0.2, 0) is 4.79 Å². The zero-order valence-electron chi connectivity index (χ0n) is 10.1. The number of benzene rings is 1. The minimum atomic E-state index is -0.0319. The summed E-state index contributed by atoms with van der Waals surface area (Å²) in [6, 6.07) is 10.6. The van der Waals surface area contributed by atoms with Crippen molar-refractivity contribution in [2.45, 2.75) is 44.6 Å². The Balaban J connectivity index is 1.81. The highest BCUT2D eigenvalue weighted by atomic mass is 16.1. The molecule has 3 rings (SSSR count). The van der Waals surface area contributed by atoms with E-state index in [2.05, 4.69) is 17.4 Å². The highest BCUT2D eigenvalue weighted by Gasteiger charge is 2.50. The van der Waals surface area contributed by atoms with Crippen LogP contribution in [0.2, 0.25) is 0 Å². The molecule has 0 amide bonds. The molecule has 0 saturated heterocycles. The molecule has 0 bridgehead atoms. The molecular weight excluding hydrogens is 210 g/mol.